The van der Waals surface area contributed by atoms with Gasteiger partial charge in [0, 0.05) is 84.2 Å². The Morgan fingerprint density at radius 3 is 2.19 bits per heavy atom. The van der Waals surface area contributed by atoms with Crippen molar-refractivity contribution in [3.8, 4) is 17.2 Å². The lowest BCUT2D eigenvalue weighted by Crippen LogP contribution is -2.54. The summed E-state index contributed by atoms with van der Waals surface area (Å²) in [6.45, 7) is 6.66. The molecule has 1 aromatic heterocycles. The van der Waals surface area contributed by atoms with Crippen molar-refractivity contribution in [2.75, 3.05) is 103 Å². The number of nitrogens with two attached hydrogens (primary N) is 2. The van der Waals surface area contributed by atoms with Gasteiger partial charge < -0.3 is 81.3 Å². The number of hydrogen-bond acceptors (Lipinski definition) is 14. The highest BCUT2D eigenvalue weighted by Gasteiger charge is 2.37. The molecule has 0 aliphatic carbocycles. The number of halogens is 1. The number of nitrogens with one attached hydrogen (secondary N) is 6. The van der Waals surface area contributed by atoms with E-state index in [9.17, 15) is 28.8 Å². The van der Waals surface area contributed by atoms with Crippen LogP contribution in [0.2, 0.25) is 0 Å². The Bertz CT molecular complexity index is 3160. The number of anilines is 2. The molecule has 2 heterocycles. The maximum atomic E-state index is 14.8. The maximum absolute atomic E-state index is 14.8. The molecular weight excluding hydrogens is 1090 g/mol. The standard InChI is InChI=1S/C60H75ClN10O12/c1-37(2)53(69-60(77)82-36-38-12-7-6-8-13-38)56(73)68-45(16-11-22-65-59(63)76)55(72)66-42-19-17-39(18-20-42)54(57(74)64-23-26-80-29-28-79-25-21-62)83-49-33-48-52(44-15-10-9-14-43(44)49)41(34-61)35-71(48)58(75)47-30-40-31-51(81-27-24-70(3)4)50(78-5)32-46(40)67-47/h6-10,12-15,17-20,30-33,37,41,45,53-54,67H,11,16,21-29,34-36,62H2,1-5H3,(H,64,74)(H,66,72)(H,68,73)(H,69,77)(H3,63,65,76)/t41-,45?,53?,54?/m1/s1. The summed E-state index contributed by atoms with van der Waals surface area (Å²) in [4.78, 5) is 88.5. The van der Waals surface area contributed by atoms with Crippen molar-refractivity contribution in [1.29, 1.82) is 0 Å². The number of likely N-dealkylation sites (N-methyl/N-ethyl adjacent to an activating group) is 1. The Hall–Kier alpha value is -8.15. The van der Waals surface area contributed by atoms with Crippen LogP contribution in [0.25, 0.3) is 21.7 Å². The minimum Gasteiger partial charge on any atom is -0.493 e. The number of hydrogen-bond donors (Lipinski definition) is 8. The first-order valence-electron chi connectivity index (χ1n) is 27.5. The van der Waals surface area contributed by atoms with E-state index in [1.165, 1.54) is 0 Å². The van der Waals surface area contributed by atoms with Crippen molar-refractivity contribution in [1.82, 2.24) is 31.2 Å². The van der Waals surface area contributed by atoms with E-state index in [-0.39, 0.29) is 70.0 Å². The lowest BCUT2D eigenvalue weighted by molar-refractivity contribution is -0.128. The van der Waals surface area contributed by atoms with Crippen LogP contribution in [-0.2, 0) is 35.2 Å². The van der Waals surface area contributed by atoms with Gasteiger partial charge in [-0.25, -0.2) is 9.59 Å². The Morgan fingerprint density at radius 2 is 1.51 bits per heavy atom. The van der Waals surface area contributed by atoms with Gasteiger partial charge in [0.15, 0.2) is 11.5 Å². The van der Waals surface area contributed by atoms with Gasteiger partial charge in [-0.15, -0.1) is 11.6 Å². The number of amides is 7. The first kappa shape index (κ1) is 62.5. The normalized spacial score (nSPS) is 13.9. The zero-order valence-corrected chi connectivity index (χ0v) is 48.2. The summed E-state index contributed by atoms with van der Waals surface area (Å²) in [5, 5.41) is 15.9. The van der Waals surface area contributed by atoms with Crippen molar-refractivity contribution in [3.05, 3.63) is 126 Å². The zero-order chi connectivity index (χ0) is 59.4. The van der Waals surface area contributed by atoms with Crippen LogP contribution in [-0.4, -0.2) is 151 Å². The molecule has 0 fully saturated rings. The minimum absolute atomic E-state index is 0.0175. The molecule has 1 aliphatic heterocycles. The second-order valence-electron chi connectivity index (χ2n) is 20.4. The van der Waals surface area contributed by atoms with Crippen molar-refractivity contribution >= 4 is 80.4 Å². The predicted octanol–water partition coefficient (Wildman–Crippen LogP) is 6.30. The number of ether oxygens (including phenoxy) is 6. The van der Waals surface area contributed by atoms with Gasteiger partial charge in [0.25, 0.3) is 11.8 Å². The Morgan fingerprint density at radius 1 is 0.783 bits per heavy atom. The topological polar surface area (TPSA) is 292 Å². The molecular formula is C60H75ClN10O12. The third kappa shape index (κ3) is 17.2. The highest BCUT2D eigenvalue weighted by molar-refractivity contribution is 6.19. The van der Waals surface area contributed by atoms with E-state index >= 15 is 0 Å². The van der Waals surface area contributed by atoms with E-state index in [1.54, 1.807) is 80.5 Å². The molecule has 22 nitrogen and oxygen atoms in total. The highest BCUT2D eigenvalue weighted by atomic mass is 35.5. The van der Waals surface area contributed by atoms with Crippen molar-refractivity contribution < 1.29 is 57.2 Å². The van der Waals surface area contributed by atoms with Crippen LogP contribution in [0, 0.1) is 5.92 Å². The SMILES string of the molecule is COc1cc2[nH]c(C(=O)N3C[C@@H](CCl)c4c3cc(OC(C(=O)NCCOCCOCCN)c3ccc(NC(=O)C(CCCNC(N)=O)NC(=O)C(NC(=O)OCc5ccccc5)C(C)C)cc3)c3ccccc43)cc2cc1OCCN(C)C. The van der Waals surface area contributed by atoms with Gasteiger partial charge >= 0.3 is 12.1 Å². The van der Waals surface area contributed by atoms with Gasteiger partial charge in [-0.05, 0) is 73.6 Å². The van der Waals surface area contributed by atoms with Gasteiger partial charge in [-0.3, -0.25) is 19.2 Å². The Labute approximate surface area is 487 Å². The molecule has 7 rings (SSSR count). The molecule has 1 aliphatic rings. The summed E-state index contributed by atoms with van der Waals surface area (Å²) in [7, 11) is 5.48. The second-order valence-corrected chi connectivity index (χ2v) is 20.7. The summed E-state index contributed by atoms with van der Waals surface area (Å²) in [6.07, 6.45) is -1.77. The van der Waals surface area contributed by atoms with Gasteiger partial charge in [-0.1, -0.05) is 80.6 Å². The average Bonchev–Trinajstić information content (AvgIpc) is 2.43. The number of benzene rings is 5. The van der Waals surface area contributed by atoms with Crippen LogP contribution in [0.5, 0.6) is 17.2 Å². The molecule has 6 aromatic rings. The van der Waals surface area contributed by atoms with E-state index < -0.39 is 54.0 Å². The van der Waals surface area contributed by atoms with Gasteiger partial charge in [0.1, 0.15) is 36.7 Å². The molecule has 10 N–H and O–H groups in total. The summed E-state index contributed by atoms with van der Waals surface area (Å²) in [5.41, 5.74) is 14.7. The van der Waals surface area contributed by atoms with E-state index in [0.29, 0.717) is 83.7 Å². The first-order valence-corrected chi connectivity index (χ1v) is 28.1. The van der Waals surface area contributed by atoms with E-state index in [0.717, 1.165) is 21.9 Å². The van der Waals surface area contributed by atoms with Gasteiger partial charge in [-0.2, -0.15) is 0 Å². The summed E-state index contributed by atoms with van der Waals surface area (Å²) in [5.74, 6) is -1.13. The van der Waals surface area contributed by atoms with Crippen LogP contribution >= 0.6 is 11.6 Å². The molecule has 0 bridgehead atoms. The number of methoxy groups -OCH3 is 1. The second kappa shape index (κ2) is 30.8. The maximum Gasteiger partial charge on any atom is 0.408 e. The highest BCUT2D eigenvalue weighted by Crippen LogP contribution is 2.47. The van der Waals surface area contributed by atoms with Gasteiger partial charge in [0.2, 0.25) is 17.9 Å². The Kier molecular flexibility index (Phi) is 23.2. The first-order chi connectivity index (χ1) is 40.1. The minimum atomic E-state index is -1.29. The van der Waals surface area contributed by atoms with E-state index in [2.05, 4.69) is 31.6 Å². The number of primary amides is 1. The molecule has 0 radical (unpaired) electrons. The van der Waals surface area contributed by atoms with E-state index in [1.807, 2.05) is 67.5 Å². The summed E-state index contributed by atoms with van der Waals surface area (Å²) < 4.78 is 35.0. The molecule has 3 unspecified atom stereocenters. The number of fused-ring (bicyclic) bond motifs is 4. The molecule has 0 saturated heterocycles. The number of H-pyrrole nitrogens is 1. The lowest BCUT2D eigenvalue weighted by Gasteiger charge is -2.25. The van der Waals surface area contributed by atoms with Crippen LogP contribution < -0.4 is 57.2 Å². The number of nitrogens with zero attached hydrogens (tertiary/aromatic N) is 2. The number of aromatic nitrogens is 1. The fourth-order valence-electron chi connectivity index (χ4n) is 9.43. The summed E-state index contributed by atoms with van der Waals surface area (Å²) in [6, 6.07) is 27.3. The number of urea groups is 1. The van der Waals surface area contributed by atoms with E-state index in [4.69, 9.17) is 51.5 Å². The quantitative estimate of drug-likeness (QED) is 0.0175. The monoisotopic (exact) mass is 1160 g/mol. The third-order valence-electron chi connectivity index (χ3n) is 13.7. The largest absolute Gasteiger partial charge is 0.493 e. The molecule has 0 spiro atoms. The molecule has 83 heavy (non-hydrogen) atoms. The smallest absolute Gasteiger partial charge is 0.408 e. The molecule has 444 valence electrons. The molecule has 23 heteroatoms. The van der Waals surface area contributed by atoms with Crippen molar-refractivity contribution in [2.24, 2.45) is 17.4 Å². The zero-order valence-electron chi connectivity index (χ0n) is 47.4. The molecule has 0 saturated carbocycles. The van der Waals surface area contributed by atoms with Crippen LogP contribution in [0.4, 0.5) is 21.0 Å². The Balaban J connectivity index is 1.15. The van der Waals surface area contributed by atoms with Crippen molar-refractivity contribution in [3.63, 3.8) is 0 Å². The predicted molar refractivity (Wildman–Crippen MR) is 317 cm³/mol. The molecule has 7 amide bonds. The van der Waals surface area contributed by atoms with Crippen LogP contribution in [0.15, 0.2) is 103 Å². The van der Waals surface area contributed by atoms with Crippen molar-refractivity contribution in [2.45, 2.75) is 57.4 Å². The fraction of sp³-hybridized carbons (Fsp3) is 0.400. The van der Waals surface area contributed by atoms with Crippen LogP contribution in [0.1, 0.15) is 65.9 Å². The molecule has 5 aromatic carbocycles. The molecule has 4 atom stereocenters. The number of rotatable bonds is 31. The number of alkyl carbamates (subject to hydrolysis) is 1. The van der Waals surface area contributed by atoms with Gasteiger partial charge in [0.05, 0.1) is 39.2 Å². The number of alkyl halides is 1. The lowest BCUT2D eigenvalue weighted by atomic mass is 9.95. The van der Waals surface area contributed by atoms with Crippen LogP contribution in [0.3, 0.4) is 0 Å². The number of aromatic amines is 1. The fourth-order valence-corrected chi connectivity index (χ4v) is 9.68. The third-order valence-corrected chi connectivity index (χ3v) is 14.0. The number of carbonyl (C=O) groups excluding carboxylic acids is 6. The summed E-state index contributed by atoms with van der Waals surface area (Å²) >= 11 is 6.70. The average molecular weight is 1160 g/mol. The number of carbonyl (C=O) groups is 6.